The Morgan fingerprint density at radius 3 is 2.48 bits per heavy atom. The Morgan fingerprint density at radius 1 is 1.00 bits per heavy atom. The van der Waals surface area contributed by atoms with Gasteiger partial charge in [0.2, 0.25) is 0 Å². The van der Waals surface area contributed by atoms with Gasteiger partial charge in [0.1, 0.15) is 5.75 Å². The Balaban J connectivity index is 1.91. The molecule has 0 saturated carbocycles. The van der Waals surface area contributed by atoms with E-state index in [1.807, 2.05) is 55.5 Å². The maximum absolute atomic E-state index is 12.1. The van der Waals surface area contributed by atoms with E-state index in [9.17, 15) is 4.79 Å². The first-order chi connectivity index (χ1) is 14.2. The molecule has 0 bridgehead atoms. The second kappa shape index (κ2) is 12.4. The number of ether oxygens (including phenoxy) is 1. The number of guanidine groups is 1. The van der Waals surface area contributed by atoms with E-state index < -0.39 is 0 Å². The fourth-order valence-corrected chi connectivity index (χ4v) is 2.72. The van der Waals surface area contributed by atoms with E-state index >= 15 is 0 Å². The molecule has 0 aliphatic rings. The minimum atomic E-state index is -0.0221. The fraction of sp³-hybridized carbons (Fsp3) is 0.391. The molecule has 2 aromatic rings. The van der Waals surface area contributed by atoms with Crippen LogP contribution in [0.3, 0.4) is 0 Å². The van der Waals surface area contributed by atoms with Crippen LogP contribution in [0.2, 0.25) is 0 Å². The molecule has 3 N–H and O–H groups in total. The van der Waals surface area contributed by atoms with Crippen molar-refractivity contribution < 1.29 is 9.53 Å². The number of carbonyl (C=O) groups is 1. The predicted molar refractivity (Wildman–Crippen MR) is 118 cm³/mol. The van der Waals surface area contributed by atoms with Gasteiger partial charge in [0.05, 0.1) is 13.7 Å². The van der Waals surface area contributed by atoms with Crippen molar-refractivity contribution in [1.29, 1.82) is 0 Å². The molecule has 0 unspecified atom stereocenters. The van der Waals surface area contributed by atoms with Crippen LogP contribution < -0.4 is 20.7 Å². The van der Waals surface area contributed by atoms with Gasteiger partial charge in [0.15, 0.2) is 5.96 Å². The third kappa shape index (κ3) is 7.86. The molecule has 0 radical (unpaired) electrons. The summed E-state index contributed by atoms with van der Waals surface area (Å²) >= 11 is 0. The van der Waals surface area contributed by atoms with E-state index in [2.05, 4.69) is 27.9 Å². The summed E-state index contributed by atoms with van der Waals surface area (Å²) in [6.07, 6.45) is 2.06. The standard InChI is InChI=1S/C23H32N4O2/c1-4-6-14-25-22(28)20-12-10-18(11-13-20)16-26-23(24-5-2)27-17-19-8-7-9-21(15-19)29-3/h7-13,15H,4-6,14,16-17H2,1-3H3,(H,25,28)(H2,24,26,27). The lowest BCUT2D eigenvalue weighted by Crippen LogP contribution is -2.36. The number of benzene rings is 2. The summed E-state index contributed by atoms with van der Waals surface area (Å²) < 4.78 is 5.26. The summed E-state index contributed by atoms with van der Waals surface area (Å²) in [6.45, 7) is 6.82. The van der Waals surface area contributed by atoms with Gasteiger partial charge >= 0.3 is 0 Å². The number of hydrogen-bond donors (Lipinski definition) is 3. The molecule has 156 valence electrons. The van der Waals surface area contributed by atoms with Crippen molar-refractivity contribution in [2.45, 2.75) is 39.8 Å². The van der Waals surface area contributed by atoms with Gasteiger partial charge in [-0.1, -0.05) is 37.6 Å². The average molecular weight is 397 g/mol. The lowest BCUT2D eigenvalue weighted by molar-refractivity contribution is 0.0953. The van der Waals surface area contributed by atoms with Gasteiger partial charge in [-0.25, -0.2) is 4.99 Å². The molecule has 6 heteroatoms. The number of hydrogen-bond acceptors (Lipinski definition) is 3. The molecule has 0 spiro atoms. The van der Waals surface area contributed by atoms with Crippen molar-refractivity contribution in [1.82, 2.24) is 16.0 Å². The highest BCUT2D eigenvalue weighted by Gasteiger charge is 2.05. The van der Waals surface area contributed by atoms with Crippen molar-refractivity contribution in [2.24, 2.45) is 4.99 Å². The Labute approximate surface area is 173 Å². The third-order valence-corrected chi connectivity index (χ3v) is 4.39. The first-order valence-corrected chi connectivity index (χ1v) is 10.2. The number of unbranched alkanes of at least 4 members (excludes halogenated alkanes) is 1. The molecule has 2 aromatic carbocycles. The molecule has 0 fully saturated rings. The van der Waals surface area contributed by atoms with Crippen molar-refractivity contribution >= 4 is 11.9 Å². The van der Waals surface area contributed by atoms with E-state index in [1.54, 1.807) is 7.11 Å². The zero-order valence-electron chi connectivity index (χ0n) is 17.6. The molecule has 6 nitrogen and oxygen atoms in total. The van der Waals surface area contributed by atoms with E-state index in [1.165, 1.54) is 0 Å². The van der Waals surface area contributed by atoms with Gasteiger partial charge in [-0.3, -0.25) is 4.79 Å². The highest BCUT2D eigenvalue weighted by atomic mass is 16.5. The third-order valence-electron chi connectivity index (χ3n) is 4.39. The van der Waals surface area contributed by atoms with Crippen LogP contribution in [0.4, 0.5) is 0 Å². The predicted octanol–water partition coefficient (Wildman–Crippen LogP) is 3.48. The van der Waals surface area contributed by atoms with Crippen LogP contribution in [0.1, 0.15) is 48.2 Å². The molecule has 0 saturated heterocycles. The highest BCUT2D eigenvalue weighted by Crippen LogP contribution is 2.13. The first kappa shape index (κ1) is 22.3. The molecule has 29 heavy (non-hydrogen) atoms. The van der Waals surface area contributed by atoms with Crippen LogP contribution in [0.5, 0.6) is 5.75 Å². The first-order valence-electron chi connectivity index (χ1n) is 10.2. The van der Waals surface area contributed by atoms with Crippen LogP contribution in [-0.2, 0) is 13.1 Å². The summed E-state index contributed by atoms with van der Waals surface area (Å²) in [4.78, 5) is 16.7. The molecule has 0 aliphatic heterocycles. The fourth-order valence-electron chi connectivity index (χ4n) is 2.72. The number of nitrogens with one attached hydrogen (secondary N) is 3. The topological polar surface area (TPSA) is 74.8 Å². The minimum absolute atomic E-state index is 0.0221. The van der Waals surface area contributed by atoms with Gasteiger partial charge in [0, 0.05) is 25.2 Å². The lowest BCUT2D eigenvalue weighted by atomic mass is 10.1. The van der Waals surface area contributed by atoms with E-state index in [0.717, 1.165) is 42.2 Å². The van der Waals surface area contributed by atoms with Crippen LogP contribution in [0.25, 0.3) is 0 Å². The number of amides is 1. The Bertz CT molecular complexity index is 788. The van der Waals surface area contributed by atoms with E-state index in [0.29, 0.717) is 25.2 Å². The Kier molecular flexibility index (Phi) is 9.55. The van der Waals surface area contributed by atoms with E-state index in [-0.39, 0.29) is 5.91 Å². The van der Waals surface area contributed by atoms with Crippen molar-refractivity contribution in [3.8, 4) is 5.75 Å². The second-order valence-electron chi connectivity index (χ2n) is 6.71. The normalized spacial score (nSPS) is 11.1. The zero-order valence-corrected chi connectivity index (χ0v) is 17.6. The number of rotatable bonds is 10. The summed E-state index contributed by atoms with van der Waals surface area (Å²) in [5, 5.41) is 9.52. The van der Waals surface area contributed by atoms with Gasteiger partial charge in [-0.05, 0) is 48.7 Å². The monoisotopic (exact) mass is 396 g/mol. The van der Waals surface area contributed by atoms with Crippen LogP contribution in [-0.4, -0.2) is 32.1 Å². The molecular weight excluding hydrogens is 364 g/mol. The summed E-state index contributed by atoms with van der Waals surface area (Å²) in [7, 11) is 1.66. The summed E-state index contributed by atoms with van der Waals surface area (Å²) in [5.41, 5.74) is 2.85. The number of nitrogens with zero attached hydrogens (tertiary/aromatic N) is 1. The van der Waals surface area contributed by atoms with Crippen molar-refractivity contribution in [3.63, 3.8) is 0 Å². The summed E-state index contributed by atoms with van der Waals surface area (Å²) in [6, 6.07) is 15.5. The maximum Gasteiger partial charge on any atom is 0.251 e. The number of aliphatic imine (C=N–C) groups is 1. The number of methoxy groups -OCH3 is 1. The quantitative estimate of drug-likeness (QED) is 0.327. The van der Waals surface area contributed by atoms with Gasteiger partial charge in [0.25, 0.3) is 5.91 Å². The van der Waals surface area contributed by atoms with Gasteiger partial charge in [-0.15, -0.1) is 0 Å². The largest absolute Gasteiger partial charge is 0.497 e. The van der Waals surface area contributed by atoms with Crippen molar-refractivity contribution in [2.75, 3.05) is 20.2 Å². The smallest absolute Gasteiger partial charge is 0.251 e. The van der Waals surface area contributed by atoms with E-state index in [4.69, 9.17) is 4.74 Å². The second-order valence-corrected chi connectivity index (χ2v) is 6.71. The lowest BCUT2D eigenvalue weighted by Gasteiger charge is -2.12. The van der Waals surface area contributed by atoms with Crippen LogP contribution >= 0.6 is 0 Å². The molecule has 2 rings (SSSR count). The summed E-state index contributed by atoms with van der Waals surface area (Å²) in [5.74, 6) is 1.55. The minimum Gasteiger partial charge on any atom is -0.497 e. The molecule has 0 heterocycles. The Morgan fingerprint density at radius 2 is 1.79 bits per heavy atom. The van der Waals surface area contributed by atoms with Crippen molar-refractivity contribution in [3.05, 3.63) is 65.2 Å². The SMILES string of the molecule is CCCCNC(=O)c1ccc(CNC(=NCc2cccc(OC)c2)NCC)cc1. The van der Waals surface area contributed by atoms with Gasteiger partial charge in [-0.2, -0.15) is 0 Å². The molecule has 0 aromatic heterocycles. The molecule has 1 amide bonds. The molecule has 0 atom stereocenters. The van der Waals surface area contributed by atoms with Gasteiger partial charge < -0.3 is 20.7 Å². The highest BCUT2D eigenvalue weighted by molar-refractivity contribution is 5.94. The zero-order chi connectivity index (χ0) is 20.9. The maximum atomic E-state index is 12.1. The number of carbonyl (C=O) groups excluding carboxylic acids is 1. The van der Waals surface area contributed by atoms with Crippen LogP contribution in [0, 0.1) is 0 Å². The average Bonchev–Trinajstić information content (AvgIpc) is 2.76. The Hall–Kier alpha value is -3.02. The molecule has 0 aliphatic carbocycles. The van der Waals surface area contributed by atoms with Crippen LogP contribution in [0.15, 0.2) is 53.5 Å². The molecular formula is C23H32N4O2.